The molecule has 1 rings (SSSR count). The molecule has 0 aliphatic heterocycles. The highest BCUT2D eigenvalue weighted by molar-refractivity contribution is 5.24. The molecule has 58 valence electrons. The van der Waals surface area contributed by atoms with Crippen molar-refractivity contribution in [1.29, 1.82) is 0 Å². The van der Waals surface area contributed by atoms with Gasteiger partial charge in [-0.3, -0.25) is 0 Å². The molecule has 11 heavy (non-hydrogen) atoms. The minimum Gasteiger partial charge on any atom is -0.0913 e. The lowest BCUT2D eigenvalue weighted by Crippen LogP contribution is -1.76. The van der Waals surface area contributed by atoms with Gasteiger partial charge in [-0.1, -0.05) is 48.1 Å². The SMILES string of the molecule is C/C=C\CC1=CC=CC=CC1. The van der Waals surface area contributed by atoms with Crippen LogP contribution >= 0.6 is 0 Å². The van der Waals surface area contributed by atoms with Crippen molar-refractivity contribution in [1.82, 2.24) is 0 Å². The molecule has 0 radical (unpaired) electrons. The molecule has 0 heterocycles. The first-order valence-corrected chi connectivity index (χ1v) is 4.06. The largest absolute Gasteiger partial charge is 0.0913 e. The van der Waals surface area contributed by atoms with Gasteiger partial charge >= 0.3 is 0 Å². The van der Waals surface area contributed by atoms with Crippen LogP contribution in [0.4, 0.5) is 0 Å². The van der Waals surface area contributed by atoms with Crippen molar-refractivity contribution in [3.8, 4) is 0 Å². The van der Waals surface area contributed by atoms with Gasteiger partial charge in [-0.2, -0.15) is 0 Å². The Labute approximate surface area is 68.6 Å². The third kappa shape index (κ3) is 3.03. The Bertz CT molecular complexity index is 214. The first kappa shape index (κ1) is 8.06. The van der Waals surface area contributed by atoms with Crippen LogP contribution in [0.15, 0.2) is 48.1 Å². The Kier molecular flexibility index (Phi) is 3.46. The summed E-state index contributed by atoms with van der Waals surface area (Å²) in [5.74, 6) is 0. The lowest BCUT2D eigenvalue weighted by atomic mass is 10.1. The van der Waals surface area contributed by atoms with Gasteiger partial charge in [0.05, 0.1) is 0 Å². The fraction of sp³-hybridized carbons (Fsp3) is 0.273. The van der Waals surface area contributed by atoms with Gasteiger partial charge in [0.2, 0.25) is 0 Å². The van der Waals surface area contributed by atoms with Crippen LogP contribution in [0.25, 0.3) is 0 Å². The lowest BCUT2D eigenvalue weighted by molar-refractivity contribution is 1.11. The minimum absolute atomic E-state index is 1.09. The fourth-order valence-electron chi connectivity index (χ4n) is 1.04. The maximum Gasteiger partial charge on any atom is -0.0129 e. The van der Waals surface area contributed by atoms with Gasteiger partial charge in [0, 0.05) is 0 Å². The van der Waals surface area contributed by atoms with Gasteiger partial charge in [-0.05, 0) is 19.8 Å². The van der Waals surface area contributed by atoms with E-state index in [4.69, 9.17) is 0 Å². The Hall–Kier alpha value is -1.04. The van der Waals surface area contributed by atoms with Gasteiger partial charge in [0.15, 0.2) is 0 Å². The Morgan fingerprint density at radius 2 is 2.27 bits per heavy atom. The van der Waals surface area contributed by atoms with E-state index in [1.807, 2.05) is 0 Å². The quantitative estimate of drug-likeness (QED) is 0.524. The first-order chi connectivity index (χ1) is 5.43. The van der Waals surface area contributed by atoms with Crippen LogP contribution in [0, 0.1) is 0 Å². The predicted molar refractivity (Wildman–Crippen MR) is 50.4 cm³/mol. The van der Waals surface area contributed by atoms with Crippen molar-refractivity contribution < 1.29 is 0 Å². The molecule has 0 N–H and O–H groups in total. The minimum atomic E-state index is 1.09. The number of allylic oxidation sites excluding steroid dienone is 8. The summed E-state index contributed by atoms with van der Waals surface area (Å²) in [5.41, 5.74) is 1.48. The third-order valence-electron chi connectivity index (χ3n) is 1.69. The Balaban J connectivity index is 2.50. The van der Waals surface area contributed by atoms with Gasteiger partial charge in [0.1, 0.15) is 0 Å². The first-order valence-electron chi connectivity index (χ1n) is 4.06. The second kappa shape index (κ2) is 4.73. The molecule has 0 heteroatoms. The number of rotatable bonds is 2. The summed E-state index contributed by atoms with van der Waals surface area (Å²) >= 11 is 0. The molecule has 0 bridgehead atoms. The van der Waals surface area contributed by atoms with Crippen molar-refractivity contribution in [2.24, 2.45) is 0 Å². The summed E-state index contributed by atoms with van der Waals surface area (Å²) in [6.07, 6.45) is 17.1. The van der Waals surface area contributed by atoms with Gasteiger partial charge in [0.25, 0.3) is 0 Å². The molecular formula is C11H14. The zero-order valence-electron chi connectivity index (χ0n) is 6.96. The highest BCUT2D eigenvalue weighted by atomic mass is 14.0. The van der Waals surface area contributed by atoms with Gasteiger partial charge < -0.3 is 0 Å². The van der Waals surface area contributed by atoms with E-state index < -0.39 is 0 Å². The van der Waals surface area contributed by atoms with E-state index in [2.05, 4.69) is 49.5 Å². The van der Waals surface area contributed by atoms with Crippen LogP contribution in [0.1, 0.15) is 19.8 Å². The lowest BCUT2D eigenvalue weighted by Gasteiger charge is -1.96. The summed E-state index contributed by atoms with van der Waals surface area (Å²) in [6, 6.07) is 0. The summed E-state index contributed by atoms with van der Waals surface area (Å²) in [7, 11) is 0. The molecule has 0 nitrogen and oxygen atoms in total. The van der Waals surface area contributed by atoms with Gasteiger partial charge in [-0.25, -0.2) is 0 Å². The van der Waals surface area contributed by atoms with E-state index >= 15 is 0 Å². The standard InChI is InChI=1S/C11H14/c1-2-3-8-11-9-6-4-5-7-10-11/h2-7,9H,8,10H2,1H3/b3-2-. The van der Waals surface area contributed by atoms with Crippen LogP contribution in [-0.4, -0.2) is 0 Å². The highest BCUT2D eigenvalue weighted by Gasteiger charge is 1.91. The van der Waals surface area contributed by atoms with Crippen molar-refractivity contribution in [2.45, 2.75) is 19.8 Å². The molecule has 0 aromatic carbocycles. The average Bonchev–Trinajstić information content (AvgIpc) is 2.28. The predicted octanol–water partition coefficient (Wildman–Crippen LogP) is 3.40. The van der Waals surface area contributed by atoms with E-state index in [-0.39, 0.29) is 0 Å². The normalized spacial score (nSPS) is 17.0. The van der Waals surface area contributed by atoms with Crippen molar-refractivity contribution in [3.63, 3.8) is 0 Å². The topological polar surface area (TPSA) is 0 Å². The van der Waals surface area contributed by atoms with Crippen molar-refractivity contribution in [3.05, 3.63) is 48.1 Å². The molecule has 0 aromatic rings. The molecule has 0 fully saturated rings. The van der Waals surface area contributed by atoms with E-state index in [9.17, 15) is 0 Å². The second-order valence-electron chi connectivity index (χ2n) is 2.62. The van der Waals surface area contributed by atoms with Crippen LogP contribution < -0.4 is 0 Å². The van der Waals surface area contributed by atoms with E-state index in [0.29, 0.717) is 0 Å². The molecule has 0 saturated carbocycles. The molecule has 1 aliphatic carbocycles. The zero-order chi connectivity index (χ0) is 7.94. The molecule has 0 atom stereocenters. The van der Waals surface area contributed by atoms with E-state index in [1.165, 1.54) is 5.57 Å². The Morgan fingerprint density at radius 3 is 3.09 bits per heavy atom. The van der Waals surface area contributed by atoms with E-state index in [1.54, 1.807) is 0 Å². The Morgan fingerprint density at radius 1 is 1.36 bits per heavy atom. The molecule has 1 aliphatic rings. The third-order valence-corrected chi connectivity index (χ3v) is 1.69. The van der Waals surface area contributed by atoms with Crippen LogP contribution in [-0.2, 0) is 0 Å². The highest BCUT2D eigenvalue weighted by Crippen LogP contribution is 2.11. The molecular weight excluding hydrogens is 132 g/mol. The van der Waals surface area contributed by atoms with Gasteiger partial charge in [-0.15, -0.1) is 0 Å². The number of hydrogen-bond donors (Lipinski definition) is 0. The fourth-order valence-corrected chi connectivity index (χ4v) is 1.04. The summed E-state index contributed by atoms with van der Waals surface area (Å²) in [5, 5.41) is 0. The van der Waals surface area contributed by atoms with Crippen molar-refractivity contribution >= 4 is 0 Å². The maximum atomic E-state index is 2.19. The van der Waals surface area contributed by atoms with Crippen molar-refractivity contribution in [2.75, 3.05) is 0 Å². The van der Waals surface area contributed by atoms with Crippen LogP contribution in [0.5, 0.6) is 0 Å². The summed E-state index contributed by atoms with van der Waals surface area (Å²) in [6.45, 7) is 2.06. The molecule has 0 aromatic heterocycles. The average molecular weight is 146 g/mol. The van der Waals surface area contributed by atoms with E-state index in [0.717, 1.165) is 12.8 Å². The molecule has 0 unspecified atom stereocenters. The monoisotopic (exact) mass is 146 g/mol. The maximum absolute atomic E-state index is 2.19. The molecule has 0 amide bonds. The number of hydrogen-bond acceptors (Lipinski definition) is 0. The van der Waals surface area contributed by atoms with Crippen LogP contribution in [0.3, 0.4) is 0 Å². The van der Waals surface area contributed by atoms with Crippen LogP contribution in [0.2, 0.25) is 0 Å². The summed E-state index contributed by atoms with van der Waals surface area (Å²) in [4.78, 5) is 0. The smallest absolute Gasteiger partial charge is 0.0129 e. The summed E-state index contributed by atoms with van der Waals surface area (Å²) < 4.78 is 0. The zero-order valence-corrected chi connectivity index (χ0v) is 6.96. The second-order valence-corrected chi connectivity index (χ2v) is 2.62. The molecule has 0 spiro atoms. The molecule has 0 saturated heterocycles.